The molecule has 1 aliphatic heterocycles. The molecule has 2 N–H and O–H groups in total. The zero-order valence-electron chi connectivity index (χ0n) is 12.9. The Morgan fingerprint density at radius 3 is 2.30 bits per heavy atom. The fourth-order valence-corrected chi connectivity index (χ4v) is 3.93. The number of piperazine rings is 1. The highest BCUT2D eigenvalue weighted by Crippen LogP contribution is 2.22. The summed E-state index contributed by atoms with van der Waals surface area (Å²) in [5.74, 6) is 0.191. The molecule has 3 rings (SSSR count). The van der Waals surface area contributed by atoms with E-state index in [0.717, 1.165) is 18.7 Å². The van der Waals surface area contributed by atoms with Crippen LogP contribution in [0, 0.1) is 0 Å². The molecule has 0 unspecified atom stereocenters. The second-order valence-corrected chi connectivity index (χ2v) is 7.47. The number of anilines is 1. The highest BCUT2D eigenvalue weighted by Gasteiger charge is 2.27. The van der Waals surface area contributed by atoms with Crippen LogP contribution in [0.25, 0.3) is 11.3 Å². The monoisotopic (exact) mass is 333 g/mol. The molecule has 8 heteroatoms. The van der Waals surface area contributed by atoms with Gasteiger partial charge in [0.25, 0.3) is 0 Å². The van der Waals surface area contributed by atoms with Gasteiger partial charge in [-0.05, 0) is 25.2 Å². The summed E-state index contributed by atoms with van der Waals surface area (Å²) < 4.78 is 26.8. The lowest BCUT2D eigenvalue weighted by Gasteiger charge is -2.31. The van der Waals surface area contributed by atoms with Crippen LogP contribution >= 0.6 is 0 Å². The van der Waals surface area contributed by atoms with Crippen molar-refractivity contribution in [2.45, 2.75) is 4.90 Å². The number of nitrogen functional groups attached to an aromatic ring is 1. The molecule has 0 radical (unpaired) electrons. The van der Waals surface area contributed by atoms with Gasteiger partial charge in [-0.15, -0.1) is 0 Å². The van der Waals surface area contributed by atoms with Crippen molar-refractivity contribution in [1.29, 1.82) is 0 Å². The van der Waals surface area contributed by atoms with Crippen molar-refractivity contribution in [2.24, 2.45) is 0 Å². The minimum absolute atomic E-state index is 0.191. The van der Waals surface area contributed by atoms with E-state index in [0.29, 0.717) is 23.7 Å². The normalized spacial score (nSPS) is 17.3. The fourth-order valence-electron chi connectivity index (χ4n) is 2.51. The van der Waals surface area contributed by atoms with Crippen molar-refractivity contribution in [3.8, 4) is 11.3 Å². The van der Waals surface area contributed by atoms with Crippen molar-refractivity contribution in [3.05, 3.63) is 36.5 Å². The first-order chi connectivity index (χ1) is 11.0. The molecule has 0 atom stereocenters. The van der Waals surface area contributed by atoms with Gasteiger partial charge in [-0.25, -0.2) is 18.4 Å². The lowest BCUT2D eigenvalue weighted by Crippen LogP contribution is -2.46. The SMILES string of the molecule is CN1CCN(S(=O)(=O)c2ccc(-c3ccnc(N)n3)cc2)CC1. The molecule has 2 heterocycles. The number of benzene rings is 1. The van der Waals surface area contributed by atoms with Gasteiger partial charge in [-0.3, -0.25) is 0 Å². The number of sulfonamides is 1. The summed E-state index contributed by atoms with van der Waals surface area (Å²) in [6.45, 7) is 2.53. The standard InChI is InChI=1S/C15H19N5O2S/c1-19-8-10-20(11-9-19)23(21,22)13-4-2-12(3-5-13)14-6-7-17-15(16)18-14/h2-7H,8-11H2,1H3,(H2,16,17,18). The largest absolute Gasteiger partial charge is 0.368 e. The van der Waals surface area contributed by atoms with Crippen LogP contribution in [0.5, 0.6) is 0 Å². The molecule has 0 amide bonds. The molecule has 23 heavy (non-hydrogen) atoms. The van der Waals surface area contributed by atoms with Crippen LogP contribution in [0.2, 0.25) is 0 Å². The van der Waals surface area contributed by atoms with Gasteiger partial charge in [0.2, 0.25) is 16.0 Å². The van der Waals surface area contributed by atoms with Crippen LogP contribution in [0.1, 0.15) is 0 Å². The molecular weight excluding hydrogens is 314 g/mol. The molecule has 0 spiro atoms. The maximum Gasteiger partial charge on any atom is 0.243 e. The van der Waals surface area contributed by atoms with E-state index >= 15 is 0 Å². The first-order valence-electron chi connectivity index (χ1n) is 7.34. The maximum absolute atomic E-state index is 12.7. The minimum atomic E-state index is -3.44. The highest BCUT2D eigenvalue weighted by atomic mass is 32.2. The Bertz CT molecular complexity index is 784. The summed E-state index contributed by atoms with van der Waals surface area (Å²) >= 11 is 0. The van der Waals surface area contributed by atoms with Crippen LogP contribution in [-0.2, 0) is 10.0 Å². The van der Waals surface area contributed by atoms with E-state index < -0.39 is 10.0 Å². The van der Waals surface area contributed by atoms with E-state index in [1.54, 1.807) is 36.5 Å². The van der Waals surface area contributed by atoms with E-state index in [1.807, 2.05) is 7.05 Å². The van der Waals surface area contributed by atoms with Gasteiger partial charge in [0.1, 0.15) is 0 Å². The molecule has 1 fully saturated rings. The van der Waals surface area contributed by atoms with Crippen LogP contribution in [0.3, 0.4) is 0 Å². The molecule has 122 valence electrons. The predicted octanol–water partition coefficient (Wildman–Crippen LogP) is 0.662. The Balaban J connectivity index is 1.84. The second-order valence-electron chi connectivity index (χ2n) is 5.53. The lowest BCUT2D eigenvalue weighted by molar-refractivity contribution is 0.222. The van der Waals surface area contributed by atoms with Gasteiger partial charge in [-0.2, -0.15) is 4.31 Å². The molecule has 0 bridgehead atoms. The minimum Gasteiger partial charge on any atom is -0.368 e. The predicted molar refractivity (Wildman–Crippen MR) is 88.1 cm³/mol. The molecule has 0 saturated carbocycles. The molecular formula is C15H19N5O2S. The van der Waals surface area contributed by atoms with E-state index in [4.69, 9.17) is 5.73 Å². The Morgan fingerprint density at radius 2 is 1.70 bits per heavy atom. The number of likely N-dealkylation sites (N-methyl/N-ethyl adjacent to an activating group) is 1. The fraction of sp³-hybridized carbons (Fsp3) is 0.333. The van der Waals surface area contributed by atoms with E-state index in [9.17, 15) is 8.42 Å². The number of nitrogens with zero attached hydrogens (tertiary/aromatic N) is 4. The third kappa shape index (κ3) is 3.34. The van der Waals surface area contributed by atoms with E-state index in [1.165, 1.54) is 4.31 Å². The summed E-state index contributed by atoms with van der Waals surface area (Å²) in [6, 6.07) is 8.44. The van der Waals surface area contributed by atoms with Gasteiger partial charge in [0.05, 0.1) is 10.6 Å². The van der Waals surface area contributed by atoms with E-state index in [2.05, 4.69) is 14.9 Å². The van der Waals surface area contributed by atoms with Gasteiger partial charge >= 0.3 is 0 Å². The second kappa shape index (κ2) is 6.23. The van der Waals surface area contributed by atoms with Crippen molar-refractivity contribution in [2.75, 3.05) is 39.0 Å². The summed E-state index contributed by atoms with van der Waals surface area (Å²) in [5.41, 5.74) is 7.04. The van der Waals surface area contributed by atoms with Crippen LogP contribution in [-0.4, -0.2) is 60.8 Å². The summed E-state index contributed by atoms with van der Waals surface area (Å²) in [7, 11) is -1.45. The van der Waals surface area contributed by atoms with Crippen molar-refractivity contribution in [1.82, 2.24) is 19.2 Å². The molecule has 1 aromatic carbocycles. The molecule has 1 saturated heterocycles. The molecule has 1 aliphatic rings. The third-order valence-electron chi connectivity index (χ3n) is 3.92. The first kappa shape index (κ1) is 15.9. The van der Waals surface area contributed by atoms with Crippen molar-refractivity contribution < 1.29 is 8.42 Å². The maximum atomic E-state index is 12.7. The smallest absolute Gasteiger partial charge is 0.243 e. The highest BCUT2D eigenvalue weighted by molar-refractivity contribution is 7.89. The van der Waals surface area contributed by atoms with Gasteiger partial charge in [0, 0.05) is 37.9 Å². The van der Waals surface area contributed by atoms with Crippen LogP contribution in [0.15, 0.2) is 41.4 Å². The summed E-state index contributed by atoms with van der Waals surface area (Å²) in [4.78, 5) is 10.4. The number of aromatic nitrogens is 2. The number of rotatable bonds is 3. The third-order valence-corrected chi connectivity index (χ3v) is 5.84. The Kier molecular flexibility index (Phi) is 4.29. The number of nitrogens with two attached hydrogens (primary N) is 1. The van der Waals surface area contributed by atoms with Crippen molar-refractivity contribution >= 4 is 16.0 Å². The van der Waals surface area contributed by atoms with Gasteiger partial charge in [-0.1, -0.05) is 12.1 Å². The molecule has 0 aliphatic carbocycles. The quantitative estimate of drug-likeness (QED) is 0.887. The van der Waals surface area contributed by atoms with Crippen molar-refractivity contribution in [3.63, 3.8) is 0 Å². The average Bonchev–Trinajstić information content (AvgIpc) is 2.55. The van der Waals surface area contributed by atoms with Gasteiger partial charge < -0.3 is 10.6 Å². The Hall–Kier alpha value is -2.03. The van der Waals surface area contributed by atoms with Crippen LogP contribution in [0.4, 0.5) is 5.95 Å². The molecule has 1 aromatic heterocycles. The number of hydrogen-bond acceptors (Lipinski definition) is 6. The molecule has 7 nitrogen and oxygen atoms in total. The summed E-state index contributed by atoms with van der Waals surface area (Å²) in [5, 5.41) is 0. The summed E-state index contributed by atoms with van der Waals surface area (Å²) in [6.07, 6.45) is 1.58. The Morgan fingerprint density at radius 1 is 1.04 bits per heavy atom. The zero-order valence-corrected chi connectivity index (χ0v) is 13.7. The Labute approximate surface area is 135 Å². The first-order valence-corrected chi connectivity index (χ1v) is 8.78. The van der Waals surface area contributed by atoms with Gasteiger partial charge in [0.15, 0.2) is 0 Å². The van der Waals surface area contributed by atoms with Crippen LogP contribution < -0.4 is 5.73 Å². The number of hydrogen-bond donors (Lipinski definition) is 1. The van der Waals surface area contributed by atoms with E-state index in [-0.39, 0.29) is 5.95 Å². The lowest BCUT2D eigenvalue weighted by atomic mass is 10.1. The average molecular weight is 333 g/mol. The zero-order chi connectivity index (χ0) is 16.4. The topological polar surface area (TPSA) is 92.4 Å². The molecule has 2 aromatic rings.